The summed E-state index contributed by atoms with van der Waals surface area (Å²) in [7, 11) is -1.04. The lowest BCUT2D eigenvalue weighted by atomic mass is 9.96. The SMILES string of the molecule is CN(CC1(O)CCS(=O)(=O)CC1)c1ccc(Br)cc1. The second-order valence-electron chi connectivity index (χ2n) is 5.21. The van der Waals surface area contributed by atoms with E-state index in [2.05, 4.69) is 15.9 Å². The molecule has 1 aromatic rings. The molecule has 1 aromatic carbocycles. The van der Waals surface area contributed by atoms with E-state index in [1.807, 2.05) is 36.2 Å². The van der Waals surface area contributed by atoms with Crippen LogP contribution in [0.4, 0.5) is 5.69 Å². The fraction of sp³-hybridized carbons (Fsp3) is 0.538. The van der Waals surface area contributed by atoms with E-state index in [4.69, 9.17) is 0 Å². The maximum Gasteiger partial charge on any atom is 0.150 e. The van der Waals surface area contributed by atoms with Gasteiger partial charge in [0.1, 0.15) is 0 Å². The second-order valence-corrected chi connectivity index (χ2v) is 8.43. The molecule has 0 bridgehead atoms. The van der Waals surface area contributed by atoms with Gasteiger partial charge in [-0.25, -0.2) is 8.42 Å². The van der Waals surface area contributed by atoms with E-state index in [0.29, 0.717) is 19.4 Å². The Morgan fingerprint density at radius 2 is 1.79 bits per heavy atom. The molecule has 0 amide bonds. The minimum absolute atomic E-state index is 0.0810. The molecule has 1 saturated heterocycles. The molecule has 1 heterocycles. The van der Waals surface area contributed by atoms with Crippen molar-refractivity contribution in [3.8, 4) is 0 Å². The average molecular weight is 348 g/mol. The highest BCUT2D eigenvalue weighted by atomic mass is 79.9. The third kappa shape index (κ3) is 3.94. The van der Waals surface area contributed by atoms with Crippen LogP contribution < -0.4 is 4.90 Å². The van der Waals surface area contributed by atoms with Crippen molar-refractivity contribution >= 4 is 31.5 Å². The van der Waals surface area contributed by atoms with Crippen LogP contribution in [-0.2, 0) is 9.84 Å². The van der Waals surface area contributed by atoms with Crippen LogP contribution in [-0.4, -0.2) is 44.2 Å². The van der Waals surface area contributed by atoms with Gasteiger partial charge in [0.25, 0.3) is 0 Å². The van der Waals surface area contributed by atoms with Gasteiger partial charge in [0, 0.05) is 23.8 Å². The van der Waals surface area contributed by atoms with Crippen molar-refractivity contribution in [2.24, 2.45) is 0 Å². The van der Waals surface area contributed by atoms with Crippen LogP contribution in [0.3, 0.4) is 0 Å². The zero-order chi connectivity index (χ0) is 14.1. The van der Waals surface area contributed by atoms with Crippen LogP contribution in [0.5, 0.6) is 0 Å². The summed E-state index contributed by atoms with van der Waals surface area (Å²) in [5, 5.41) is 10.5. The lowest BCUT2D eigenvalue weighted by Crippen LogP contribution is -2.47. The highest BCUT2D eigenvalue weighted by Crippen LogP contribution is 2.26. The predicted molar refractivity (Wildman–Crippen MR) is 80.2 cm³/mol. The van der Waals surface area contributed by atoms with Crippen LogP contribution in [0, 0.1) is 0 Å². The summed E-state index contributed by atoms with van der Waals surface area (Å²) in [6.45, 7) is 0.449. The van der Waals surface area contributed by atoms with Crippen molar-refractivity contribution < 1.29 is 13.5 Å². The summed E-state index contributed by atoms with van der Waals surface area (Å²) in [6, 6.07) is 7.82. The first-order valence-corrected chi connectivity index (χ1v) is 8.81. The molecule has 0 saturated carbocycles. The number of aliphatic hydroxyl groups is 1. The lowest BCUT2D eigenvalue weighted by molar-refractivity contribution is 0.0383. The van der Waals surface area contributed by atoms with E-state index < -0.39 is 15.4 Å². The number of sulfone groups is 1. The van der Waals surface area contributed by atoms with Gasteiger partial charge < -0.3 is 10.0 Å². The predicted octanol–water partition coefficient (Wildman–Crippen LogP) is 1.82. The molecule has 0 unspecified atom stereocenters. The molecule has 1 aliphatic rings. The molecule has 2 rings (SSSR count). The Kier molecular flexibility index (Phi) is 4.23. The zero-order valence-electron chi connectivity index (χ0n) is 10.8. The molecule has 0 aliphatic carbocycles. The van der Waals surface area contributed by atoms with Crippen molar-refractivity contribution in [1.29, 1.82) is 0 Å². The Balaban J connectivity index is 2.02. The quantitative estimate of drug-likeness (QED) is 0.906. The van der Waals surface area contributed by atoms with Crippen molar-refractivity contribution in [3.05, 3.63) is 28.7 Å². The zero-order valence-corrected chi connectivity index (χ0v) is 13.2. The Labute approximate surface area is 122 Å². The van der Waals surface area contributed by atoms with Gasteiger partial charge >= 0.3 is 0 Å². The molecule has 19 heavy (non-hydrogen) atoms. The van der Waals surface area contributed by atoms with Gasteiger partial charge in [-0.15, -0.1) is 0 Å². The van der Waals surface area contributed by atoms with E-state index in [-0.39, 0.29) is 11.5 Å². The number of likely N-dealkylation sites (N-methyl/N-ethyl adjacent to an activating group) is 1. The van der Waals surface area contributed by atoms with Crippen LogP contribution in [0.2, 0.25) is 0 Å². The molecule has 0 spiro atoms. The Bertz CT molecular complexity index is 528. The third-order valence-electron chi connectivity index (χ3n) is 3.56. The smallest absolute Gasteiger partial charge is 0.150 e. The third-order valence-corrected chi connectivity index (χ3v) is 5.74. The van der Waals surface area contributed by atoms with E-state index in [9.17, 15) is 13.5 Å². The molecule has 1 N–H and O–H groups in total. The molecule has 0 atom stereocenters. The van der Waals surface area contributed by atoms with Crippen molar-refractivity contribution in [1.82, 2.24) is 0 Å². The first kappa shape index (κ1) is 14.8. The summed E-state index contributed by atoms with van der Waals surface area (Å²) < 4.78 is 23.8. The number of nitrogens with zero attached hydrogens (tertiary/aromatic N) is 1. The highest BCUT2D eigenvalue weighted by Gasteiger charge is 2.36. The first-order chi connectivity index (χ1) is 8.80. The number of hydrogen-bond donors (Lipinski definition) is 1. The number of halogens is 1. The molecule has 6 heteroatoms. The number of rotatable bonds is 3. The van der Waals surface area contributed by atoms with Crippen molar-refractivity contribution in [3.63, 3.8) is 0 Å². The Hall–Kier alpha value is -0.590. The summed E-state index contributed by atoms with van der Waals surface area (Å²) in [6.07, 6.45) is 0.631. The van der Waals surface area contributed by atoms with E-state index in [1.54, 1.807) is 0 Å². The van der Waals surface area contributed by atoms with Crippen molar-refractivity contribution in [2.75, 3.05) is 30.0 Å². The van der Waals surface area contributed by atoms with Gasteiger partial charge in [-0.05, 0) is 37.1 Å². The maximum atomic E-state index is 11.4. The molecular formula is C13H18BrNO3S. The van der Waals surface area contributed by atoms with Crippen LogP contribution in [0.25, 0.3) is 0 Å². The molecule has 1 fully saturated rings. The lowest BCUT2D eigenvalue weighted by Gasteiger charge is -2.36. The van der Waals surface area contributed by atoms with Crippen LogP contribution in [0.1, 0.15) is 12.8 Å². The summed E-state index contributed by atoms with van der Waals surface area (Å²) in [5.41, 5.74) is 0.0951. The number of hydrogen-bond acceptors (Lipinski definition) is 4. The molecule has 106 valence electrons. The molecule has 0 aromatic heterocycles. The Morgan fingerprint density at radius 3 is 2.32 bits per heavy atom. The number of anilines is 1. The minimum Gasteiger partial charge on any atom is -0.388 e. The largest absolute Gasteiger partial charge is 0.388 e. The van der Waals surface area contributed by atoms with Gasteiger partial charge in [0.15, 0.2) is 9.84 Å². The van der Waals surface area contributed by atoms with Gasteiger partial charge in [0.2, 0.25) is 0 Å². The van der Waals surface area contributed by atoms with Crippen molar-refractivity contribution in [2.45, 2.75) is 18.4 Å². The van der Waals surface area contributed by atoms with Gasteiger partial charge in [-0.2, -0.15) is 0 Å². The van der Waals surface area contributed by atoms with E-state index >= 15 is 0 Å². The fourth-order valence-electron chi connectivity index (χ4n) is 2.30. The van der Waals surface area contributed by atoms with Gasteiger partial charge in [0.05, 0.1) is 17.1 Å². The topological polar surface area (TPSA) is 57.6 Å². The molecule has 4 nitrogen and oxygen atoms in total. The average Bonchev–Trinajstić information content (AvgIpc) is 2.34. The summed E-state index contributed by atoms with van der Waals surface area (Å²) >= 11 is 3.38. The molecule has 1 aliphatic heterocycles. The maximum absolute atomic E-state index is 11.4. The Morgan fingerprint density at radius 1 is 1.26 bits per heavy atom. The highest BCUT2D eigenvalue weighted by molar-refractivity contribution is 9.10. The standard InChI is InChI=1S/C13H18BrNO3S/c1-15(12-4-2-11(14)3-5-12)10-13(16)6-8-19(17,18)9-7-13/h2-5,16H,6-10H2,1H3. The fourth-order valence-corrected chi connectivity index (χ4v) is 4.15. The van der Waals surface area contributed by atoms with E-state index in [0.717, 1.165) is 10.2 Å². The first-order valence-electron chi connectivity index (χ1n) is 6.19. The summed E-state index contributed by atoms with van der Waals surface area (Å²) in [4.78, 5) is 1.96. The monoisotopic (exact) mass is 347 g/mol. The van der Waals surface area contributed by atoms with E-state index in [1.165, 1.54) is 0 Å². The van der Waals surface area contributed by atoms with Crippen LogP contribution in [0.15, 0.2) is 28.7 Å². The van der Waals surface area contributed by atoms with Gasteiger partial charge in [-0.3, -0.25) is 0 Å². The van der Waals surface area contributed by atoms with Crippen LogP contribution >= 0.6 is 15.9 Å². The normalized spacial score (nSPS) is 21.0. The van der Waals surface area contributed by atoms with Gasteiger partial charge in [-0.1, -0.05) is 15.9 Å². The minimum atomic E-state index is -2.94. The second kappa shape index (κ2) is 5.42. The molecular weight excluding hydrogens is 330 g/mol. The summed E-state index contributed by atoms with van der Waals surface area (Å²) in [5.74, 6) is 0.162. The number of benzene rings is 1. The molecule has 0 radical (unpaired) electrons.